The monoisotopic (exact) mass is 197 g/mol. The number of hydrogen-bond acceptors (Lipinski definition) is 2. The summed E-state index contributed by atoms with van der Waals surface area (Å²) in [5.41, 5.74) is 0.969. The third-order valence-corrected chi connectivity index (χ3v) is 3.26. The maximum absolute atomic E-state index is 11.6. The van der Waals surface area contributed by atoms with Crippen molar-refractivity contribution in [3.8, 4) is 0 Å². The second-order valence-electron chi connectivity index (χ2n) is 3.04. The van der Waals surface area contributed by atoms with Crippen molar-refractivity contribution >= 4 is 11.2 Å². The molecule has 72 valence electrons. The lowest BCUT2D eigenvalue weighted by Crippen LogP contribution is -2.06. The van der Waals surface area contributed by atoms with Crippen molar-refractivity contribution in [1.29, 1.82) is 0 Å². The molecule has 0 aliphatic carbocycles. The Labute approximate surface area is 82.6 Å². The van der Waals surface area contributed by atoms with Gasteiger partial charge in [0.1, 0.15) is 5.75 Å². The molecule has 1 atom stereocenters. The maximum atomic E-state index is 11.6. The molecule has 13 heavy (non-hydrogen) atoms. The summed E-state index contributed by atoms with van der Waals surface area (Å²) in [6, 6.07) is 3.80. The van der Waals surface area contributed by atoms with Crippen LogP contribution in [0.5, 0.6) is 0 Å². The topological polar surface area (TPSA) is 36.0 Å². The summed E-state index contributed by atoms with van der Waals surface area (Å²) in [5.74, 6) is 0.751. The zero-order valence-corrected chi connectivity index (χ0v) is 8.93. The predicted octanol–water partition coefficient (Wildman–Crippen LogP) is 2.30. The second kappa shape index (κ2) is 5.25. The van der Waals surface area contributed by atoms with E-state index in [0.29, 0.717) is 0 Å². The predicted molar refractivity (Wildman–Crippen MR) is 55.2 cm³/mol. The summed E-state index contributed by atoms with van der Waals surface area (Å²) < 4.78 is 11.6. The van der Waals surface area contributed by atoms with Gasteiger partial charge in [-0.05, 0) is 36.7 Å². The Balaban J connectivity index is 2.55. The molecule has 1 rings (SSSR count). The van der Waals surface area contributed by atoms with E-state index in [1.807, 2.05) is 19.1 Å². The van der Waals surface area contributed by atoms with E-state index in [2.05, 4.69) is 11.9 Å². The van der Waals surface area contributed by atoms with Crippen LogP contribution in [0.1, 0.15) is 25.5 Å². The standard InChI is InChI=1S/C10H15NOS/c1-3-4-7-13(12)10-6-5-9(2)11-8-10/h5-6,8H,3-4,7H2,1-2H3. The quantitative estimate of drug-likeness (QED) is 0.694. The number of pyridine rings is 1. The van der Waals surface area contributed by atoms with Gasteiger partial charge in [-0.3, -0.25) is 4.98 Å². The van der Waals surface area contributed by atoms with Crippen molar-refractivity contribution in [3.63, 3.8) is 0 Å². The van der Waals surface area contributed by atoms with E-state index in [0.717, 1.165) is 29.2 Å². The fourth-order valence-electron chi connectivity index (χ4n) is 0.982. The van der Waals surface area contributed by atoms with Gasteiger partial charge in [0.25, 0.3) is 0 Å². The van der Waals surface area contributed by atoms with Crippen molar-refractivity contribution in [2.24, 2.45) is 0 Å². The molecule has 0 aliphatic rings. The van der Waals surface area contributed by atoms with Gasteiger partial charge in [-0.1, -0.05) is 13.3 Å². The molecule has 1 heterocycles. The molecule has 1 aromatic rings. The van der Waals surface area contributed by atoms with Crippen LogP contribution >= 0.6 is 0 Å². The Morgan fingerprint density at radius 2 is 2.23 bits per heavy atom. The molecule has 0 spiro atoms. The highest BCUT2D eigenvalue weighted by Crippen LogP contribution is 2.11. The zero-order valence-electron chi connectivity index (χ0n) is 8.12. The normalized spacial score (nSPS) is 12.8. The van der Waals surface area contributed by atoms with E-state index in [1.165, 1.54) is 0 Å². The minimum Gasteiger partial charge on any atom is -0.611 e. The first-order valence-corrected chi connectivity index (χ1v) is 5.87. The molecule has 0 N–H and O–H groups in total. The van der Waals surface area contributed by atoms with Crippen LogP contribution in [0.3, 0.4) is 0 Å². The highest BCUT2D eigenvalue weighted by Gasteiger charge is 2.09. The van der Waals surface area contributed by atoms with Crippen LogP contribution in [0.25, 0.3) is 0 Å². The van der Waals surface area contributed by atoms with Gasteiger partial charge in [0, 0.05) is 5.69 Å². The molecule has 0 amide bonds. The molecule has 0 saturated carbocycles. The highest BCUT2D eigenvalue weighted by molar-refractivity contribution is 7.91. The lowest BCUT2D eigenvalue weighted by atomic mass is 10.4. The molecule has 0 aliphatic heterocycles. The molecule has 1 unspecified atom stereocenters. The molecule has 2 nitrogen and oxygen atoms in total. The SMILES string of the molecule is CCCC[S+]([O-])c1ccc(C)nc1. The Bertz CT molecular complexity index is 248. The van der Waals surface area contributed by atoms with Gasteiger partial charge in [0.2, 0.25) is 0 Å². The van der Waals surface area contributed by atoms with Gasteiger partial charge in [0.15, 0.2) is 4.90 Å². The van der Waals surface area contributed by atoms with Crippen LogP contribution in [0.15, 0.2) is 23.2 Å². The van der Waals surface area contributed by atoms with E-state index in [1.54, 1.807) is 6.20 Å². The third-order valence-electron chi connectivity index (χ3n) is 1.83. The average Bonchev–Trinajstić information content (AvgIpc) is 2.15. The van der Waals surface area contributed by atoms with E-state index in [4.69, 9.17) is 0 Å². The molecule has 0 fully saturated rings. The van der Waals surface area contributed by atoms with Crippen molar-refractivity contribution < 1.29 is 4.55 Å². The number of rotatable bonds is 4. The Morgan fingerprint density at radius 1 is 1.46 bits per heavy atom. The minimum atomic E-state index is -0.854. The number of aryl methyl sites for hydroxylation is 1. The van der Waals surface area contributed by atoms with Gasteiger partial charge >= 0.3 is 0 Å². The van der Waals surface area contributed by atoms with E-state index in [-0.39, 0.29) is 0 Å². The molecular formula is C10H15NOS. The molecule has 0 saturated heterocycles. The van der Waals surface area contributed by atoms with Crippen molar-refractivity contribution in [2.45, 2.75) is 31.6 Å². The minimum absolute atomic E-state index is 0.751. The van der Waals surface area contributed by atoms with E-state index < -0.39 is 11.2 Å². The number of aromatic nitrogens is 1. The van der Waals surface area contributed by atoms with E-state index >= 15 is 0 Å². The van der Waals surface area contributed by atoms with Crippen LogP contribution < -0.4 is 0 Å². The summed E-state index contributed by atoms with van der Waals surface area (Å²) in [4.78, 5) is 4.96. The third kappa shape index (κ3) is 3.36. The first-order valence-electron chi connectivity index (χ1n) is 4.55. The lowest BCUT2D eigenvalue weighted by molar-refractivity contribution is 0.591. The fraction of sp³-hybridized carbons (Fsp3) is 0.500. The maximum Gasteiger partial charge on any atom is 0.170 e. The smallest absolute Gasteiger partial charge is 0.170 e. The summed E-state index contributed by atoms with van der Waals surface area (Å²) >= 11 is -0.854. The molecule has 0 radical (unpaired) electrons. The van der Waals surface area contributed by atoms with Crippen molar-refractivity contribution in [1.82, 2.24) is 4.98 Å². The summed E-state index contributed by atoms with van der Waals surface area (Å²) in [6.45, 7) is 4.03. The van der Waals surface area contributed by atoms with Crippen molar-refractivity contribution in [3.05, 3.63) is 24.0 Å². The zero-order chi connectivity index (χ0) is 9.68. The second-order valence-corrected chi connectivity index (χ2v) is 4.61. The van der Waals surface area contributed by atoms with Crippen LogP contribution in [-0.2, 0) is 11.2 Å². The number of unbranched alkanes of at least 4 members (excludes halogenated alkanes) is 1. The van der Waals surface area contributed by atoms with Crippen LogP contribution in [-0.4, -0.2) is 15.3 Å². The van der Waals surface area contributed by atoms with Gasteiger partial charge < -0.3 is 4.55 Å². The van der Waals surface area contributed by atoms with E-state index in [9.17, 15) is 4.55 Å². The first-order chi connectivity index (χ1) is 6.24. The first kappa shape index (κ1) is 10.5. The lowest BCUT2D eigenvalue weighted by Gasteiger charge is -2.08. The summed E-state index contributed by atoms with van der Waals surface area (Å²) in [7, 11) is 0. The summed E-state index contributed by atoms with van der Waals surface area (Å²) in [6.07, 6.45) is 3.81. The average molecular weight is 197 g/mol. The fourth-order valence-corrected chi connectivity index (χ4v) is 2.16. The van der Waals surface area contributed by atoms with Gasteiger partial charge in [0.05, 0.1) is 6.20 Å². The largest absolute Gasteiger partial charge is 0.611 e. The molecule has 1 aromatic heterocycles. The Hall–Kier alpha value is -0.540. The van der Waals surface area contributed by atoms with Crippen LogP contribution in [0.2, 0.25) is 0 Å². The van der Waals surface area contributed by atoms with Crippen LogP contribution in [0.4, 0.5) is 0 Å². The summed E-state index contributed by atoms with van der Waals surface area (Å²) in [5, 5.41) is 0. The number of hydrogen-bond donors (Lipinski definition) is 0. The molecular weight excluding hydrogens is 182 g/mol. The van der Waals surface area contributed by atoms with Gasteiger partial charge in [-0.25, -0.2) is 0 Å². The highest BCUT2D eigenvalue weighted by atomic mass is 32.2. The number of nitrogens with zero attached hydrogens (tertiary/aromatic N) is 1. The molecule has 0 aromatic carbocycles. The molecule has 0 bridgehead atoms. The van der Waals surface area contributed by atoms with Gasteiger partial charge in [-0.15, -0.1) is 0 Å². The van der Waals surface area contributed by atoms with Crippen molar-refractivity contribution in [2.75, 3.05) is 5.75 Å². The van der Waals surface area contributed by atoms with Crippen LogP contribution in [0, 0.1) is 6.92 Å². The Morgan fingerprint density at radius 3 is 2.77 bits per heavy atom. The molecule has 3 heteroatoms. The van der Waals surface area contributed by atoms with Gasteiger partial charge in [-0.2, -0.15) is 0 Å². The Kier molecular flexibility index (Phi) is 4.25.